The molecule has 1 saturated heterocycles. The van der Waals surface area contributed by atoms with Gasteiger partial charge in [-0.3, -0.25) is 0 Å². The minimum Gasteiger partial charge on any atom is -0.392 e. The molecule has 1 aromatic rings. The summed E-state index contributed by atoms with van der Waals surface area (Å²) in [4.78, 5) is 5.66. The van der Waals surface area contributed by atoms with E-state index in [1.54, 1.807) is 0 Å². The van der Waals surface area contributed by atoms with Crippen LogP contribution in [-0.4, -0.2) is 67.0 Å². The fraction of sp³-hybridized carbons (Fsp3) is 0.583. The number of nitrogen functional groups attached to an aromatic ring is 1. The number of nitrogens with zero attached hydrogens (tertiary/aromatic N) is 3. The number of sulfonamides is 1. The van der Waals surface area contributed by atoms with Crippen molar-refractivity contribution in [3.63, 3.8) is 0 Å². The van der Waals surface area contributed by atoms with Gasteiger partial charge in [0.15, 0.2) is 0 Å². The zero-order valence-corrected chi connectivity index (χ0v) is 13.5. The third-order valence-electron chi connectivity index (χ3n) is 3.37. The van der Waals surface area contributed by atoms with Crippen LogP contribution in [0.5, 0.6) is 0 Å². The molecule has 21 heavy (non-hydrogen) atoms. The first-order valence-corrected chi connectivity index (χ1v) is 8.29. The Morgan fingerprint density at radius 1 is 1.57 bits per heavy atom. The number of aromatic nitrogens is 1. The van der Waals surface area contributed by atoms with Crippen LogP contribution >= 0.6 is 11.6 Å². The van der Waals surface area contributed by atoms with E-state index in [9.17, 15) is 13.5 Å². The number of anilines is 1. The van der Waals surface area contributed by atoms with Gasteiger partial charge in [-0.2, -0.15) is 4.31 Å². The monoisotopic (exact) mass is 334 g/mol. The average molecular weight is 335 g/mol. The van der Waals surface area contributed by atoms with Gasteiger partial charge in [0.05, 0.1) is 11.1 Å². The van der Waals surface area contributed by atoms with Crippen LogP contribution in [0.2, 0.25) is 5.02 Å². The number of likely N-dealkylation sites (N-methyl/N-ethyl adjacent to an activating group) is 1. The van der Waals surface area contributed by atoms with Crippen molar-refractivity contribution >= 4 is 27.4 Å². The highest BCUT2D eigenvalue weighted by Gasteiger charge is 2.40. The maximum atomic E-state index is 12.7. The molecular weight excluding hydrogens is 316 g/mol. The van der Waals surface area contributed by atoms with Crippen LogP contribution < -0.4 is 5.73 Å². The van der Waals surface area contributed by atoms with Crippen LogP contribution in [0, 0.1) is 0 Å². The van der Waals surface area contributed by atoms with Gasteiger partial charge in [-0.05, 0) is 26.6 Å². The van der Waals surface area contributed by atoms with Gasteiger partial charge >= 0.3 is 0 Å². The van der Waals surface area contributed by atoms with Gasteiger partial charge in [0.25, 0.3) is 0 Å². The zero-order chi connectivity index (χ0) is 15.8. The van der Waals surface area contributed by atoms with Gasteiger partial charge in [-0.1, -0.05) is 11.6 Å². The number of nitrogens with two attached hydrogens (primary N) is 1. The average Bonchev–Trinajstić information content (AvgIpc) is 2.73. The molecule has 0 radical (unpaired) electrons. The van der Waals surface area contributed by atoms with Crippen molar-refractivity contribution in [3.05, 3.63) is 17.3 Å². The molecule has 0 saturated carbocycles. The molecule has 0 aromatic carbocycles. The molecule has 7 nitrogen and oxygen atoms in total. The molecular formula is C12H19ClN4O3S. The summed E-state index contributed by atoms with van der Waals surface area (Å²) < 4.78 is 26.7. The first-order valence-electron chi connectivity index (χ1n) is 6.47. The minimum atomic E-state index is -3.76. The molecule has 2 heterocycles. The maximum absolute atomic E-state index is 12.7. The van der Waals surface area contributed by atoms with E-state index in [4.69, 9.17) is 17.3 Å². The Morgan fingerprint density at radius 2 is 2.24 bits per heavy atom. The van der Waals surface area contributed by atoms with Gasteiger partial charge in [-0.25, -0.2) is 13.4 Å². The van der Waals surface area contributed by atoms with E-state index in [1.807, 2.05) is 19.0 Å². The lowest BCUT2D eigenvalue weighted by Crippen LogP contribution is -2.41. The summed E-state index contributed by atoms with van der Waals surface area (Å²) in [6.07, 6.45) is 0.934. The minimum absolute atomic E-state index is 0.0143. The number of hydrogen-bond donors (Lipinski definition) is 2. The van der Waals surface area contributed by atoms with Crippen molar-refractivity contribution in [1.29, 1.82) is 0 Å². The summed E-state index contributed by atoms with van der Waals surface area (Å²) in [6.45, 7) is 0.606. The highest BCUT2D eigenvalue weighted by atomic mass is 35.5. The van der Waals surface area contributed by atoms with Crippen molar-refractivity contribution < 1.29 is 13.5 Å². The van der Waals surface area contributed by atoms with Crippen LogP contribution in [0.4, 0.5) is 5.82 Å². The van der Waals surface area contributed by atoms with Crippen LogP contribution in [-0.2, 0) is 10.0 Å². The quantitative estimate of drug-likeness (QED) is 0.804. The van der Waals surface area contributed by atoms with Crippen molar-refractivity contribution in [2.45, 2.75) is 23.5 Å². The fourth-order valence-corrected chi connectivity index (χ4v) is 4.32. The third-order valence-corrected chi connectivity index (χ3v) is 5.56. The van der Waals surface area contributed by atoms with E-state index in [-0.39, 0.29) is 28.3 Å². The second-order valence-electron chi connectivity index (χ2n) is 5.42. The largest absolute Gasteiger partial charge is 0.392 e. The van der Waals surface area contributed by atoms with Crippen molar-refractivity contribution in [2.24, 2.45) is 0 Å². The van der Waals surface area contributed by atoms with Crippen molar-refractivity contribution in [2.75, 3.05) is 32.9 Å². The Morgan fingerprint density at radius 3 is 2.81 bits per heavy atom. The normalized spacial score (nSPS) is 23.9. The Labute approximate surface area is 129 Å². The van der Waals surface area contributed by atoms with E-state index in [2.05, 4.69) is 4.98 Å². The second-order valence-corrected chi connectivity index (χ2v) is 7.72. The van der Waals surface area contributed by atoms with Crippen molar-refractivity contribution in [1.82, 2.24) is 14.2 Å². The predicted molar refractivity (Wildman–Crippen MR) is 80.5 cm³/mol. The molecule has 2 unspecified atom stereocenters. The molecule has 1 aliphatic heterocycles. The molecule has 2 atom stereocenters. The molecule has 0 bridgehead atoms. The van der Waals surface area contributed by atoms with Gasteiger partial charge in [0.2, 0.25) is 10.0 Å². The lowest BCUT2D eigenvalue weighted by atomic mass is 10.2. The van der Waals surface area contributed by atoms with Gasteiger partial charge < -0.3 is 15.7 Å². The van der Waals surface area contributed by atoms with Gasteiger partial charge in [0, 0.05) is 25.3 Å². The molecule has 3 N–H and O–H groups in total. The summed E-state index contributed by atoms with van der Waals surface area (Å²) in [5.74, 6) is 0.0851. The lowest BCUT2D eigenvalue weighted by molar-refractivity contribution is 0.188. The lowest BCUT2D eigenvalue weighted by Gasteiger charge is -2.26. The molecule has 118 valence electrons. The SMILES string of the molecule is CN(C)CC1CC(O)CN1S(=O)(=O)c1cnc(N)c(Cl)c1. The van der Waals surface area contributed by atoms with E-state index >= 15 is 0 Å². The van der Waals surface area contributed by atoms with Crippen LogP contribution in [0.15, 0.2) is 17.2 Å². The molecule has 1 aromatic heterocycles. The van der Waals surface area contributed by atoms with Crippen molar-refractivity contribution in [3.8, 4) is 0 Å². The summed E-state index contributed by atoms with van der Waals surface area (Å²) in [5, 5.41) is 9.90. The third kappa shape index (κ3) is 3.46. The predicted octanol–water partition coefficient (Wildman–Crippen LogP) is 0.00270. The summed E-state index contributed by atoms with van der Waals surface area (Å²) >= 11 is 5.85. The molecule has 0 spiro atoms. The number of rotatable bonds is 4. The number of aliphatic hydroxyl groups is 1. The number of hydrogen-bond acceptors (Lipinski definition) is 6. The Bertz CT molecular complexity index is 623. The number of pyridine rings is 1. The van der Waals surface area contributed by atoms with Crippen LogP contribution in [0.1, 0.15) is 6.42 Å². The number of β-amino-alcohol motifs (C(OH)–C–C–N with tert-alkyl or cyclic N) is 1. The molecule has 0 aliphatic carbocycles. The van der Waals surface area contributed by atoms with E-state index in [0.29, 0.717) is 13.0 Å². The molecule has 0 amide bonds. The maximum Gasteiger partial charge on any atom is 0.245 e. The van der Waals surface area contributed by atoms with Gasteiger partial charge in [-0.15, -0.1) is 0 Å². The Kier molecular flexibility index (Phi) is 4.74. The molecule has 9 heteroatoms. The van der Waals surface area contributed by atoms with Gasteiger partial charge in [0.1, 0.15) is 10.7 Å². The standard InChI is InChI=1S/C12H19ClN4O3S/c1-16(2)6-8-3-9(18)7-17(8)21(19,20)10-4-11(13)12(14)15-5-10/h4-5,8-9,18H,3,6-7H2,1-2H3,(H2,14,15). The van der Waals surface area contributed by atoms with E-state index in [0.717, 1.165) is 0 Å². The second kappa shape index (κ2) is 6.05. The zero-order valence-electron chi connectivity index (χ0n) is 11.9. The van der Waals surface area contributed by atoms with Crippen LogP contribution in [0.25, 0.3) is 0 Å². The first kappa shape index (κ1) is 16.4. The molecule has 1 aliphatic rings. The first-order chi connectivity index (χ1) is 9.71. The van der Waals surface area contributed by atoms with E-state index < -0.39 is 16.1 Å². The fourth-order valence-electron chi connectivity index (χ4n) is 2.45. The topological polar surface area (TPSA) is 99.8 Å². The summed E-state index contributed by atoms with van der Waals surface area (Å²) in [6, 6.07) is 1.01. The number of halogens is 1. The Hall–Kier alpha value is -0.930. The van der Waals surface area contributed by atoms with Crippen LogP contribution in [0.3, 0.4) is 0 Å². The Balaban J connectivity index is 2.34. The smallest absolute Gasteiger partial charge is 0.245 e. The highest BCUT2D eigenvalue weighted by Crippen LogP contribution is 2.28. The summed E-state index contributed by atoms with van der Waals surface area (Å²) in [5.41, 5.74) is 5.50. The molecule has 1 fully saturated rings. The van der Waals surface area contributed by atoms with E-state index in [1.165, 1.54) is 16.6 Å². The summed E-state index contributed by atoms with van der Waals surface area (Å²) in [7, 11) is -0.0450. The number of aliphatic hydroxyl groups excluding tert-OH is 1. The highest BCUT2D eigenvalue weighted by molar-refractivity contribution is 7.89. The molecule has 2 rings (SSSR count).